The Morgan fingerprint density at radius 2 is 1.89 bits per heavy atom. The van der Waals surface area contributed by atoms with Crippen molar-refractivity contribution < 1.29 is 33.0 Å². The van der Waals surface area contributed by atoms with E-state index in [4.69, 9.17) is 10.2 Å². The molecule has 1 heterocycles. The van der Waals surface area contributed by atoms with Crippen LogP contribution < -0.4 is 0 Å². The lowest BCUT2D eigenvalue weighted by atomic mass is 10.2. The monoisotopic (exact) mass is 265 g/mol. The van der Waals surface area contributed by atoms with Gasteiger partial charge in [-0.3, -0.25) is 4.79 Å². The summed E-state index contributed by atoms with van der Waals surface area (Å²) in [7, 11) is 0. The minimum atomic E-state index is -4.79. The van der Waals surface area contributed by atoms with Gasteiger partial charge >= 0.3 is 18.1 Å². The van der Waals surface area contributed by atoms with Gasteiger partial charge in [-0.25, -0.2) is 4.79 Å². The zero-order valence-electron chi connectivity index (χ0n) is 9.07. The third-order valence-corrected chi connectivity index (χ3v) is 2.25. The molecular weight excluding hydrogens is 255 g/mol. The number of alkyl halides is 3. The summed E-state index contributed by atoms with van der Waals surface area (Å²) >= 11 is 0. The van der Waals surface area contributed by atoms with Gasteiger partial charge in [0.05, 0.1) is 5.56 Å². The topological polar surface area (TPSA) is 79.5 Å². The molecule has 0 fully saturated rings. The first-order valence-corrected chi connectivity index (χ1v) is 4.95. The van der Waals surface area contributed by atoms with Crippen LogP contribution in [0.3, 0.4) is 0 Å². The van der Waals surface area contributed by atoms with Crippen LogP contribution in [0.1, 0.15) is 28.9 Å². The first-order valence-electron chi connectivity index (χ1n) is 4.95. The number of hydrogen-bond donors (Lipinski definition) is 2. The van der Waals surface area contributed by atoms with Crippen LogP contribution in [0, 0.1) is 0 Å². The van der Waals surface area contributed by atoms with Crippen LogP contribution in [-0.4, -0.2) is 26.7 Å². The Balaban J connectivity index is 2.98. The number of carboxylic acids is 2. The molecule has 18 heavy (non-hydrogen) atoms. The molecule has 0 radical (unpaired) electrons. The number of rotatable bonds is 5. The number of aliphatic carboxylic acids is 1. The molecular formula is C10H10F3NO4. The lowest BCUT2D eigenvalue weighted by molar-refractivity contribution is -0.144. The average molecular weight is 265 g/mol. The number of carbonyl (C=O) groups is 2. The summed E-state index contributed by atoms with van der Waals surface area (Å²) in [6, 6.07) is 0.853. The van der Waals surface area contributed by atoms with Crippen LogP contribution in [0.25, 0.3) is 0 Å². The molecule has 8 heteroatoms. The van der Waals surface area contributed by atoms with Crippen molar-refractivity contribution >= 4 is 11.9 Å². The Morgan fingerprint density at radius 1 is 1.28 bits per heavy atom. The van der Waals surface area contributed by atoms with Gasteiger partial charge in [-0.2, -0.15) is 13.2 Å². The molecule has 0 unspecified atom stereocenters. The molecule has 0 spiro atoms. The molecule has 0 aliphatic rings. The van der Waals surface area contributed by atoms with Crippen molar-refractivity contribution in [3.63, 3.8) is 0 Å². The van der Waals surface area contributed by atoms with E-state index in [1.807, 2.05) is 0 Å². The van der Waals surface area contributed by atoms with Gasteiger partial charge in [0.1, 0.15) is 5.69 Å². The van der Waals surface area contributed by atoms with Crippen molar-refractivity contribution in [1.82, 2.24) is 4.57 Å². The van der Waals surface area contributed by atoms with E-state index in [1.165, 1.54) is 0 Å². The highest BCUT2D eigenvalue weighted by Gasteiger charge is 2.38. The molecule has 0 saturated heterocycles. The van der Waals surface area contributed by atoms with Gasteiger partial charge in [-0.05, 0) is 12.5 Å². The van der Waals surface area contributed by atoms with Crippen molar-refractivity contribution in [2.45, 2.75) is 25.6 Å². The lowest BCUT2D eigenvalue weighted by Crippen LogP contribution is -2.17. The highest BCUT2D eigenvalue weighted by atomic mass is 19.4. The van der Waals surface area contributed by atoms with Gasteiger partial charge in [0.15, 0.2) is 0 Å². The number of carboxylic acid groups (broad SMARTS) is 2. The summed E-state index contributed by atoms with van der Waals surface area (Å²) < 4.78 is 38.8. The van der Waals surface area contributed by atoms with Gasteiger partial charge in [0.2, 0.25) is 0 Å². The summed E-state index contributed by atoms with van der Waals surface area (Å²) in [6.07, 6.45) is -4.08. The third-order valence-electron chi connectivity index (χ3n) is 2.25. The molecule has 0 saturated carbocycles. The van der Waals surface area contributed by atoms with Gasteiger partial charge in [-0.1, -0.05) is 0 Å². The summed E-state index contributed by atoms with van der Waals surface area (Å²) in [5.41, 5.74) is -2.10. The smallest absolute Gasteiger partial charge is 0.432 e. The maximum Gasteiger partial charge on any atom is 0.432 e. The molecule has 2 N–H and O–H groups in total. The Hall–Kier alpha value is -1.99. The van der Waals surface area contributed by atoms with Crippen LogP contribution >= 0.6 is 0 Å². The second kappa shape index (κ2) is 5.11. The van der Waals surface area contributed by atoms with E-state index in [1.54, 1.807) is 0 Å². The molecule has 5 nitrogen and oxygen atoms in total. The maximum atomic E-state index is 12.7. The number of aromatic nitrogens is 1. The van der Waals surface area contributed by atoms with E-state index in [2.05, 4.69) is 0 Å². The summed E-state index contributed by atoms with van der Waals surface area (Å²) in [5, 5.41) is 17.0. The van der Waals surface area contributed by atoms with Crippen molar-refractivity contribution in [2.75, 3.05) is 0 Å². The summed E-state index contributed by atoms with van der Waals surface area (Å²) in [6.45, 7) is -0.200. The minimum Gasteiger partial charge on any atom is -0.481 e. The molecule has 0 atom stereocenters. The molecule has 0 aliphatic carbocycles. The second-order valence-electron chi connectivity index (χ2n) is 3.57. The SMILES string of the molecule is O=C(O)CCCn1ccc(C(=O)O)c1C(F)(F)F. The van der Waals surface area contributed by atoms with Crippen LogP contribution in [0.4, 0.5) is 13.2 Å². The number of halogens is 3. The Kier molecular flexibility index (Phi) is 4.00. The quantitative estimate of drug-likeness (QED) is 0.854. The molecule has 1 aromatic heterocycles. The molecule has 0 bridgehead atoms. The maximum absolute atomic E-state index is 12.7. The van der Waals surface area contributed by atoms with E-state index in [0.717, 1.165) is 12.3 Å². The fourth-order valence-corrected chi connectivity index (χ4v) is 1.55. The van der Waals surface area contributed by atoms with Crippen LogP contribution in [0.15, 0.2) is 12.3 Å². The lowest BCUT2D eigenvalue weighted by Gasteiger charge is -2.12. The highest BCUT2D eigenvalue weighted by molar-refractivity contribution is 5.89. The molecule has 0 aromatic carbocycles. The van der Waals surface area contributed by atoms with Crippen molar-refractivity contribution in [3.8, 4) is 0 Å². The van der Waals surface area contributed by atoms with E-state index in [9.17, 15) is 22.8 Å². The van der Waals surface area contributed by atoms with E-state index in [-0.39, 0.29) is 19.4 Å². The predicted octanol–water partition coefficient (Wildman–Crippen LogP) is 2.07. The molecule has 100 valence electrons. The fourth-order valence-electron chi connectivity index (χ4n) is 1.55. The van der Waals surface area contributed by atoms with Crippen LogP contribution in [-0.2, 0) is 17.5 Å². The number of nitrogens with zero attached hydrogens (tertiary/aromatic N) is 1. The van der Waals surface area contributed by atoms with Crippen LogP contribution in [0.2, 0.25) is 0 Å². The van der Waals surface area contributed by atoms with Gasteiger partial charge < -0.3 is 14.8 Å². The molecule has 1 aromatic rings. The molecule has 0 amide bonds. The third kappa shape index (κ3) is 3.25. The van der Waals surface area contributed by atoms with E-state index < -0.39 is 29.4 Å². The zero-order valence-corrected chi connectivity index (χ0v) is 9.07. The minimum absolute atomic E-state index is 0.00779. The first-order chi connectivity index (χ1) is 8.23. The normalized spacial score (nSPS) is 11.5. The van der Waals surface area contributed by atoms with Crippen molar-refractivity contribution in [3.05, 3.63) is 23.5 Å². The number of hydrogen-bond acceptors (Lipinski definition) is 2. The molecule has 0 aliphatic heterocycles. The Labute approximate surface area is 99.4 Å². The van der Waals surface area contributed by atoms with Gasteiger partial charge in [0.25, 0.3) is 0 Å². The standard InChI is InChI=1S/C10H10F3NO4/c11-10(12,13)8-6(9(17)18)3-5-14(8)4-1-2-7(15)16/h3,5H,1-2,4H2,(H,15,16)(H,17,18). The first kappa shape index (κ1) is 14.1. The van der Waals surface area contributed by atoms with E-state index in [0.29, 0.717) is 4.57 Å². The van der Waals surface area contributed by atoms with Crippen molar-refractivity contribution in [1.29, 1.82) is 0 Å². The predicted molar refractivity (Wildman–Crippen MR) is 53.3 cm³/mol. The number of aromatic carboxylic acids is 1. The summed E-state index contributed by atoms with van der Waals surface area (Å²) in [5.74, 6) is -2.78. The summed E-state index contributed by atoms with van der Waals surface area (Å²) in [4.78, 5) is 20.9. The Bertz CT molecular complexity index is 464. The van der Waals surface area contributed by atoms with Gasteiger partial charge in [-0.15, -0.1) is 0 Å². The van der Waals surface area contributed by atoms with Crippen molar-refractivity contribution in [2.24, 2.45) is 0 Å². The fraction of sp³-hybridized carbons (Fsp3) is 0.400. The van der Waals surface area contributed by atoms with E-state index >= 15 is 0 Å². The molecule has 1 rings (SSSR count). The average Bonchev–Trinajstić information content (AvgIpc) is 2.60. The Morgan fingerprint density at radius 3 is 2.33 bits per heavy atom. The zero-order chi connectivity index (χ0) is 13.9. The second-order valence-corrected chi connectivity index (χ2v) is 3.57. The largest absolute Gasteiger partial charge is 0.481 e. The van der Waals surface area contributed by atoms with Gasteiger partial charge in [0, 0.05) is 19.2 Å². The highest BCUT2D eigenvalue weighted by Crippen LogP contribution is 2.33. The van der Waals surface area contributed by atoms with Crippen LogP contribution in [0.5, 0.6) is 0 Å². The number of aryl methyl sites for hydroxylation is 1.